The lowest BCUT2D eigenvalue weighted by molar-refractivity contribution is 0.108. The van der Waals surface area contributed by atoms with Crippen LogP contribution in [0.2, 0.25) is 0 Å². The molecule has 16 heavy (non-hydrogen) atoms. The normalized spacial score (nSPS) is 11.2. The molecule has 0 radical (unpaired) electrons. The van der Waals surface area contributed by atoms with E-state index in [0.717, 1.165) is 18.1 Å². The van der Waals surface area contributed by atoms with Gasteiger partial charge in [-0.1, -0.05) is 25.7 Å². The van der Waals surface area contributed by atoms with Gasteiger partial charge in [0.05, 0.1) is 7.11 Å². The predicted octanol–water partition coefficient (Wildman–Crippen LogP) is 3.35. The van der Waals surface area contributed by atoms with Crippen molar-refractivity contribution in [2.45, 2.75) is 13.8 Å². The van der Waals surface area contributed by atoms with Crippen molar-refractivity contribution >= 4 is 23.4 Å². The maximum absolute atomic E-state index is 12.2. The molecule has 1 aromatic carbocycles. The zero-order chi connectivity index (χ0) is 12.2. The Hall–Kier alpha value is -0.660. The Bertz CT molecular complexity index is 404. The lowest BCUT2D eigenvalue weighted by Gasteiger charge is -2.16. The van der Waals surface area contributed by atoms with Gasteiger partial charge in [-0.2, -0.15) is 0 Å². The maximum Gasteiger partial charge on any atom is 0.193 e. The Labute approximate surface area is 102 Å². The molecular weight excluding hydrogens is 239 g/mol. The third-order valence-electron chi connectivity index (χ3n) is 2.73. The van der Waals surface area contributed by atoms with Gasteiger partial charge >= 0.3 is 0 Å². The largest absolute Gasteiger partial charge is 0.497 e. The Morgan fingerprint density at radius 3 is 2.12 bits per heavy atom. The number of ether oxygens (including phenoxy) is 1. The standard InChI is InChI=1S/C12H17O2PS/c1-4-15(16,5-2)12(13)10-6-8-11(14-3)9-7-10/h6-9H,4-5H2,1-3H3. The van der Waals surface area contributed by atoms with Gasteiger partial charge in [-0.3, -0.25) is 4.79 Å². The molecule has 0 saturated carbocycles. The Morgan fingerprint density at radius 1 is 1.25 bits per heavy atom. The molecule has 0 aliphatic rings. The molecule has 0 fully saturated rings. The van der Waals surface area contributed by atoms with Crippen LogP contribution in [0.15, 0.2) is 24.3 Å². The summed E-state index contributed by atoms with van der Waals surface area (Å²) in [6.07, 6.45) is 1.59. The van der Waals surface area contributed by atoms with Crippen LogP contribution in [0.3, 0.4) is 0 Å². The van der Waals surface area contributed by atoms with Gasteiger partial charge in [-0.25, -0.2) is 0 Å². The van der Waals surface area contributed by atoms with Gasteiger partial charge in [-0.05, 0) is 36.6 Å². The van der Waals surface area contributed by atoms with Crippen molar-refractivity contribution in [3.8, 4) is 5.75 Å². The fraction of sp³-hybridized carbons (Fsp3) is 0.417. The summed E-state index contributed by atoms with van der Waals surface area (Å²) in [6, 6.07) is 5.34. The van der Waals surface area contributed by atoms with Crippen molar-refractivity contribution in [2.24, 2.45) is 0 Å². The van der Waals surface area contributed by atoms with Crippen LogP contribution < -0.4 is 4.74 Å². The molecule has 1 rings (SSSR count). The molecule has 0 N–H and O–H groups in total. The lowest BCUT2D eigenvalue weighted by Crippen LogP contribution is -2.04. The van der Waals surface area contributed by atoms with Gasteiger partial charge in [-0.15, -0.1) is 0 Å². The summed E-state index contributed by atoms with van der Waals surface area (Å²) in [5.41, 5.74) is 0.864. The minimum absolute atomic E-state index is 0.148. The van der Waals surface area contributed by atoms with Crippen LogP contribution in [-0.4, -0.2) is 25.0 Å². The molecule has 0 saturated heterocycles. The summed E-state index contributed by atoms with van der Waals surface area (Å²) in [5, 5.41) is 0. The molecule has 0 atom stereocenters. The SMILES string of the molecule is CCP(=S)(CC)C(=O)c1ccc(OC)cc1. The molecule has 0 heterocycles. The third-order valence-corrected chi connectivity index (χ3v) is 7.82. The van der Waals surface area contributed by atoms with Gasteiger partial charge in [0, 0.05) is 11.6 Å². The van der Waals surface area contributed by atoms with E-state index in [4.69, 9.17) is 16.5 Å². The van der Waals surface area contributed by atoms with Gasteiger partial charge in [0.2, 0.25) is 0 Å². The zero-order valence-electron chi connectivity index (χ0n) is 9.90. The first-order valence-corrected chi connectivity index (χ1v) is 8.51. The van der Waals surface area contributed by atoms with E-state index in [1.54, 1.807) is 31.4 Å². The van der Waals surface area contributed by atoms with E-state index in [1.165, 1.54) is 0 Å². The number of carbonyl (C=O) groups excluding carboxylic acids is 1. The first-order chi connectivity index (χ1) is 7.57. The third kappa shape index (κ3) is 2.72. The highest BCUT2D eigenvalue weighted by molar-refractivity contribution is 8.22. The first-order valence-electron chi connectivity index (χ1n) is 5.34. The van der Waals surface area contributed by atoms with E-state index >= 15 is 0 Å². The number of carbonyl (C=O) groups is 1. The van der Waals surface area contributed by atoms with Crippen molar-refractivity contribution in [1.82, 2.24) is 0 Å². The van der Waals surface area contributed by atoms with Crippen LogP contribution in [0.5, 0.6) is 5.75 Å². The molecule has 4 heteroatoms. The Morgan fingerprint density at radius 2 is 1.75 bits per heavy atom. The van der Waals surface area contributed by atoms with Crippen LogP contribution in [0.25, 0.3) is 0 Å². The second-order valence-electron chi connectivity index (χ2n) is 3.56. The second kappa shape index (κ2) is 5.60. The molecule has 0 aliphatic carbocycles. The van der Waals surface area contributed by atoms with Crippen molar-refractivity contribution in [1.29, 1.82) is 0 Å². The van der Waals surface area contributed by atoms with E-state index in [9.17, 15) is 4.79 Å². The van der Waals surface area contributed by atoms with Crippen molar-refractivity contribution in [3.63, 3.8) is 0 Å². The summed E-state index contributed by atoms with van der Waals surface area (Å²) in [7, 11) is 1.61. The van der Waals surface area contributed by atoms with Crippen LogP contribution >= 0.6 is 6.04 Å². The van der Waals surface area contributed by atoms with Gasteiger partial charge in [0.1, 0.15) is 5.75 Å². The summed E-state index contributed by atoms with van der Waals surface area (Å²) in [6.45, 7) is 4.01. The second-order valence-corrected chi connectivity index (χ2v) is 9.10. The predicted molar refractivity (Wildman–Crippen MR) is 72.7 cm³/mol. The minimum atomic E-state index is -1.86. The smallest absolute Gasteiger partial charge is 0.193 e. The van der Waals surface area contributed by atoms with E-state index in [-0.39, 0.29) is 5.52 Å². The monoisotopic (exact) mass is 256 g/mol. The van der Waals surface area contributed by atoms with E-state index in [1.807, 2.05) is 13.8 Å². The fourth-order valence-corrected chi connectivity index (χ4v) is 3.44. The molecule has 0 aromatic heterocycles. The number of hydrogen-bond donors (Lipinski definition) is 0. The molecule has 0 spiro atoms. The highest BCUT2D eigenvalue weighted by Gasteiger charge is 2.23. The van der Waals surface area contributed by atoms with Crippen molar-refractivity contribution < 1.29 is 9.53 Å². The van der Waals surface area contributed by atoms with E-state index in [2.05, 4.69) is 0 Å². The van der Waals surface area contributed by atoms with Gasteiger partial charge < -0.3 is 4.74 Å². The fourth-order valence-electron chi connectivity index (χ4n) is 1.48. The summed E-state index contributed by atoms with van der Waals surface area (Å²) in [5.74, 6) is 0.762. The highest BCUT2D eigenvalue weighted by atomic mass is 32.4. The number of rotatable bonds is 5. The maximum atomic E-state index is 12.2. The van der Waals surface area contributed by atoms with Crippen molar-refractivity contribution in [2.75, 3.05) is 19.4 Å². The van der Waals surface area contributed by atoms with Gasteiger partial charge in [0.25, 0.3) is 0 Å². The zero-order valence-corrected chi connectivity index (χ0v) is 11.6. The minimum Gasteiger partial charge on any atom is -0.497 e. The molecule has 1 aromatic rings. The van der Waals surface area contributed by atoms with E-state index < -0.39 is 6.04 Å². The topological polar surface area (TPSA) is 26.3 Å². The van der Waals surface area contributed by atoms with Crippen LogP contribution in [0.4, 0.5) is 0 Å². The average Bonchev–Trinajstić information content (AvgIpc) is 2.37. The molecule has 0 amide bonds. The van der Waals surface area contributed by atoms with Crippen molar-refractivity contribution in [3.05, 3.63) is 29.8 Å². The van der Waals surface area contributed by atoms with Crippen LogP contribution in [0.1, 0.15) is 24.2 Å². The summed E-state index contributed by atoms with van der Waals surface area (Å²) < 4.78 is 5.06. The first kappa shape index (κ1) is 13.4. The molecular formula is C12H17O2PS. The highest BCUT2D eigenvalue weighted by Crippen LogP contribution is 2.48. The molecule has 0 aliphatic heterocycles. The Balaban J connectivity index is 3.00. The Kier molecular flexibility index (Phi) is 4.69. The number of benzene rings is 1. The quantitative estimate of drug-likeness (QED) is 0.756. The van der Waals surface area contributed by atoms with Crippen LogP contribution in [-0.2, 0) is 11.8 Å². The summed E-state index contributed by atoms with van der Waals surface area (Å²) in [4.78, 5) is 12.2. The molecule has 0 bridgehead atoms. The van der Waals surface area contributed by atoms with Crippen LogP contribution in [0, 0.1) is 0 Å². The average molecular weight is 256 g/mol. The molecule has 88 valence electrons. The number of hydrogen-bond acceptors (Lipinski definition) is 3. The van der Waals surface area contributed by atoms with E-state index in [0.29, 0.717) is 5.56 Å². The summed E-state index contributed by atoms with van der Waals surface area (Å²) >= 11 is 5.50. The molecule has 2 nitrogen and oxygen atoms in total. The molecule has 0 unspecified atom stereocenters. The lowest BCUT2D eigenvalue weighted by atomic mass is 10.2. The van der Waals surface area contributed by atoms with Gasteiger partial charge in [0.15, 0.2) is 5.52 Å². The number of methoxy groups -OCH3 is 1.